The van der Waals surface area contributed by atoms with Gasteiger partial charge in [-0.05, 0) is 13.3 Å². The third-order valence-corrected chi connectivity index (χ3v) is 4.62. The van der Waals surface area contributed by atoms with Gasteiger partial charge in [0.2, 0.25) is 5.91 Å². The van der Waals surface area contributed by atoms with Crippen molar-refractivity contribution in [3.05, 3.63) is 11.6 Å². The van der Waals surface area contributed by atoms with Crippen molar-refractivity contribution in [1.82, 2.24) is 20.1 Å². The maximum Gasteiger partial charge on any atom is 0.238 e. The van der Waals surface area contributed by atoms with Crippen LogP contribution >= 0.6 is 0 Å². The number of fused-ring (bicyclic) bond motifs is 1. The predicted octanol–water partition coefficient (Wildman–Crippen LogP) is -0.726. The number of rotatable bonds is 4. The molecule has 0 fully saturated rings. The normalized spacial score (nSPS) is 16.3. The van der Waals surface area contributed by atoms with Crippen LogP contribution in [0, 0.1) is 0 Å². The zero-order valence-corrected chi connectivity index (χ0v) is 11.2. The van der Waals surface area contributed by atoms with E-state index in [0.717, 1.165) is 31.5 Å². The summed E-state index contributed by atoms with van der Waals surface area (Å²) < 4.78 is 24.4. The maximum absolute atomic E-state index is 11.6. The summed E-state index contributed by atoms with van der Waals surface area (Å²) in [7, 11) is -3.36. The first kappa shape index (κ1) is 13.0. The van der Waals surface area contributed by atoms with E-state index in [1.807, 2.05) is 4.57 Å². The van der Waals surface area contributed by atoms with Gasteiger partial charge in [0.25, 0.3) is 0 Å². The highest BCUT2D eigenvalue weighted by molar-refractivity contribution is 7.92. The maximum atomic E-state index is 11.6. The van der Waals surface area contributed by atoms with Crippen molar-refractivity contribution >= 4 is 15.7 Å². The van der Waals surface area contributed by atoms with E-state index in [2.05, 4.69) is 15.5 Å². The summed E-state index contributed by atoms with van der Waals surface area (Å²) in [5, 5.41) is 9.53. The standard InChI is InChI=1S/C10H16N4O3S/c1-7(18(2,16)17)10(15)11-6-9-13-12-8-4-3-5-14(8)9/h7H,3-6H2,1-2H3,(H,11,15). The Hall–Kier alpha value is -1.44. The molecule has 0 aliphatic carbocycles. The molecule has 2 rings (SSSR count). The van der Waals surface area contributed by atoms with Crippen molar-refractivity contribution in [3.8, 4) is 0 Å². The number of aryl methyl sites for hydroxylation is 1. The lowest BCUT2D eigenvalue weighted by Crippen LogP contribution is -2.37. The lowest BCUT2D eigenvalue weighted by Gasteiger charge is -2.10. The molecule has 0 spiro atoms. The van der Waals surface area contributed by atoms with Crippen molar-refractivity contribution in [3.63, 3.8) is 0 Å². The molecule has 1 atom stereocenters. The summed E-state index contributed by atoms with van der Waals surface area (Å²) in [5.74, 6) is 1.10. The van der Waals surface area contributed by atoms with Crippen molar-refractivity contribution in [1.29, 1.82) is 0 Å². The summed E-state index contributed by atoms with van der Waals surface area (Å²) in [5.41, 5.74) is 0. The zero-order valence-electron chi connectivity index (χ0n) is 10.4. The Morgan fingerprint density at radius 1 is 1.50 bits per heavy atom. The van der Waals surface area contributed by atoms with Crippen molar-refractivity contribution in [2.24, 2.45) is 0 Å². The molecule has 1 aliphatic rings. The van der Waals surface area contributed by atoms with E-state index in [9.17, 15) is 13.2 Å². The number of aromatic nitrogens is 3. The largest absolute Gasteiger partial charge is 0.348 e. The smallest absolute Gasteiger partial charge is 0.238 e. The minimum atomic E-state index is -3.36. The number of sulfone groups is 1. The molecule has 1 amide bonds. The van der Waals surface area contributed by atoms with Crippen LogP contribution < -0.4 is 5.32 Å². The number of nitrogens with zero attached hydrogens (tertiary/aromatic N) is 3. The molecule has 2 heterocycles. The van der Waals surface area contributed by atoms with Gasteiger partial charge in [-0.25, -0.2) is 8.42 Å². The molecule has 1 aromatic rings. The molecule has 100 valence electrons. The molecule has 1 aliphatic heterocycles. The quantitative estimate of drug-likeness (QED) is 0.780. The molecule has 1 unspecified atom stereocenters. The molecule has 8 heteroatoms. The van der Waals surface area contributed by atoms with Crippen LogP contribution in [0.2, 0.25) is 0 Å². The van der Waals surface area contributed by atoms with E-state index in [0.29, 0.717) is 5.82 Å². The Balaban J connectivity index is 1.98. The predicted molar refractivity (Wildman–Crippen MR) is 64.5 cm³/mol. The summed E-state index contributed by atoms with van der Waals surface area (Å²) in [6.45, 7) is 2.44. The summed E-state index contributed by atoms with van der Waals surface area (Å²) in [6, 6.07) is 0. The fourth-order valence-electron chi connectivity index (χ4n) is 1.85. The average Bonchev–Trinajstić information content (AvgIpc) is 2.86. The van der Waals surface area contributed by atoms with Gasteiger partial charge < -0.3 is 9.88 Å². The first-order valence-electron chi connectivity index (χ1n) is 5.77. The van der Waals surface area contributed by atoms with E-state index < -0.39 is 21.0 Å². The minimum absolute atomic E-state index is 0.214. The van der Waals surface area contributed by atoms with Gasteiger partial charge in [0.15, 0.2) is 15.7 Å². The molecule has 0 saturated heterocycles. The lowest BCUT2D eigenvalue weighted by molar-refractivity contribution is -0.120. The van der Waals surface area contributed by atoms with Crippen LogP contribution in [0.3, 0.4) is 0 Å². The second-order valence-corrected chi connectivity index (χ2v) is 6.84. The van der Waals surface area contributed by atoms with E-state index in [4.69, 9.17) is 0 Å². The van der Waals surface area contributed by atoms with Gasteiger partial charge in [0.1, 0.15) is 11.1 Å². The molecular weight excluding hydrogens is 256 g/mol. The van der Waals surface area contributed by atoms with Crippen LogP contribution in [0.5, 0.6) is 0 Å². The topological polar surface area (TPSA) is 93.9 Å². The van der Waals surface area contributed by atoms with Crippen molar-refractivity contribution < 1.29 is 13.2 Å². The monoisotopic (exact) mass is 272 g/mol. The molecule has 1 N–H and O–H groups in total. The van der Waals surface area contributed by atoms with Crippen molar-refractivity contribution in [2.45, 2.75) is 38.1 Å². The van der Waals surface area contributed by atoms with Gasteiger partial charge in [-0.15, -0.1) is 10.2 Å². The number of hydrogen-bond donors (Lipinski definition) is 1. The van der Waals surface area contributed by atoms with E-state index in [1.165, 1.54) is 6.92 Å². The summed E-state index contributed by atoms with van der Waals surface area (Å²) in [4.78, 5) is 11.6. The highest BCUT2D eigenvalue weighted by Gasteiger charge is 2.24. The number of amides is 1. The second-order valence-electron chi connectivity index (χ2n) is 4.48. The van der Waals surface area contributed by atoms with Crippen LogP contribution in [-0.4, -0.2) is 40.6 Å². The van der Waals surface area contributed by atoms with Crippen LogP contribution in [0.1, 0.15) is 25.0 Å². The first-order valence-corrected chi connectivity index (χ1v) is 7.72. The Labute approximate surface area is 106 Å². The molecule has 0 aromatic carbocycles. The second kappa shape index (κ2) is 4.68. The SMILES string of the molecule is CC(C(=O)NCc1nnc2n1CCC2)S(C)(=O)=O. The number of carbonyl (C=O) groups is 1. The van der Waals surface area contributed by atoms with Gasteiger partial charge in [0, 0.05) is 19.2 Å². The van der Waals surface area contributed by atoms with E-state index in [-0.39, 0.29) is 6.54 Å². The molecule has 18 heavy (non-hydrogen) atoms. The fraction of sp³-hybridized carbons (Fsp3) is 0.700. The average molecular weight is 272 g/mol. The van der Waals surface area contributed by atoms with Gasteiger partial charge >= 0.3 is 0 Å². The fourth-order valence-corrected chi connectivity index (χ4v) is 2.32. The minimum Gasteiger partial charge on any atom is -0.348 e. The molecular formula is C10H16N4O3S. The van der Waals surface area contributed by atoms with Gasteiger partial charge in [-0.1, -0.05) is 0 Å². The zero-order chi connectivity index (χ0) is 13.3. The summed E-state index contributed by atoms with van der Waals surface area (Å²) in [6.07, 6.45) is 2.98. The first-order chi connectivity index (χ1) is 8.39. The molecule has 0 saturated carbocycles. The van der Waals surface area contributed by atoms with Crippen LogP contribution in [-0.2, 0) is 34.1 Å². The highest BCUT2D eigenvalue weighted by atomic mass is 32.2. The van der Waals surface area contributed by atoms with E-state index >= 15 is 0 Å². The van der Waals surface area contributed by atoms with Crippen LogP contribution in [0.4, 0.5) is 0 Å². The summed E-state index contributed by atoms with van der Waals surface area (Å²) >= 11 is 0. The number of carbonyl (C=O) groups excluding carboxylic acids is 1. The van der Waals surface area contributed by atoms with Crippen LogP contribution in [0.15, 0.2) is 0 Å². The highest BCUT2D eigenvalue weighted by Crippen LogP contribution is 2.13. The Kier molecular flexibility index (Phi) is 3.38. The molecule has 1 aromatic heterocycles. The van der Waals surface area contributed by atoms with Gasteiger partial charge in [-0.2, -0.15) is 0 Å². The van der Waals surface area contributed by atoms with Crippen molar-refractivity contribution in [2.75, 3.05) is 6.26 Å². The number of nitrogens with one attached hydrogen (secondary N) is 1. The molecule has 0 radical (unpaired) electrons. The Bertz CT molecular complexity index is 564. The number of hydrogen-bond acceptors (Lipinski definition) is 5. The molecule has 7 nitrogen and oxygen atoms in total. The van der Waals surface area contributed by atoms with Gasteiger partial charge in [-0.3, -0.25) is 4.79 Å². The van der Waals surface area contributed by atoms with Gasteiger partial charge in [0.05, 0.1) is 6.54 Å². The Morgan fingerprint density at radius 2 is 2.22 bits per heavy atom. The third-order valence-electron chi connectivity index (χ3n) is 3.12. The Morgan fingerprint density at radius 3 is 2.89 bits per heavy atom. The van der Waals surface area contributed by atoms with Crippen LogP contribution in [0.25, 0.3) is 0 Å². The van der Waals surface area contributed by atoms with E-state index in [1.54, 1.807) is 0 Å². The lowest BCUT2D eigenvalue weighted by atomic mass is 10.4. The molecule has 0 bridgehead atoms. The third kappa shape index (κ3) is 2.53.